The number of aromatic amines is 1. The number of carbonyl (C=O) groups is 3. The second-order valence-corrected chi connectivity index (χ2v) is 13.3. The average Bonchev–Trinajstić information content (AvgIpc) is 3.37. The minimum absolute atomic E-state index is 0.0599. The van der Waals surface area contributed by atoms with Crippen molar-refractivity contribution in [1.29, 1.82) is 0 Å². The highest BCUT2D eigenvalue weighted by atomic mass is 32.2. The van der Waals surface area contributed by atoms with Crippen molar-refractivity contribution in [2.45, 2.75) is 57.4 Å². The van der Waals surface area contributed by atoms with Crippen LogP contribution >= 0.6 is 11.8 Å². The van der Waals surface area contributed by atoms with Gasteiger partial charge in [0.1, 0.15) is 34.3 Å². The van der Waals surface area contributed by atoms with E-state index in [-0.39, 0.29) is 24.5 Å². The molecule has 12 nitrogen and oxygen atoms in total. The summed E-state index contributed by atoms with van der Waals surface area (Å²) in [5.74, 6) is -1.41. The van der Waals surface area contributed by atoms with Gasteiger partial charge in [-0.2, -0.15) is 0 Å². The summed E-state index contributed by atoms with van der Waals surface area (Å²) in [6.45, 7) is 6.13. The van der Waals surface area contributed by atoms with Crippen LogP contribution in [-0.2, 0) is 30.3 Å². The topological polar surface area (TPSA) is 163 Å². The van der Waals surface area contributed by atoms with Crippen molar-refractivity contribution >= 4 is 46.2 Å². The number of ether oxygens (including phenoxy) is 3. The Morgan fingerprint density at radius 1 is 1.22 bits per heavy atom. The SMILES string of the molecule is CC(O)OCC1=C(C(=O)OC(C)(C)C)N2C(=O)C(NC(=O)COc3ccc4c(c3)/C(=N\O)Cc3c-4[nH]c4ccc(F)cc34)C2SC1. The predicted molar refractivity (Wildman–Crippen MR) is 167 cm³/mol. The first-order chi connectivity index (χ1) is 21.8. The lowest BCUT2D eigenvalue weighted by atomic mass is 9.87. The molecule has 0 spiro atoms. The Bertz CT molecular complexity index is 1810. The molecule has 3 atom stereocenters. The smallest absolute Gasteiger partial charge is 0.355 e. The van der Waals surface area contributed by atoms with E-state index in [2.05, 4.69) is 15.5 Å². The molecule has 2 amide bonds. The van der Waals surface area contributed by atoms with Crippen molar-refractivity contribution in [1.82, 2.24) is 15.2 Å². The molecule has 2 aromatic carbocycles. The number of hydrogen-bond donors (Lipinski definition) is 4. The minimum atomic E-state index is -1.07. The van der Waals surface area contributed by atoms with Crippen LogP contribution in [-0.4, -0.2) is 86.0 Å². The Morgan fingerprint density at radius 2 is 2.00 bits per heavy atom. The highest BCUT2D eigenvalue weighted by molar-refractivity contribution is 8.00. The number of hydrogen-bond acceptors (Lipinski definition) is 10. The first-order valence-electron chi connectivity index (χ1n) is 14.6. The highest BCUT2D eigenvalue weighted by Gasteiger charge is 2.54. The fraction of sp³-hybridized carbons (Fsp3) is 0.375. The van der Waals surface area contributed by atoms with E-state index in [4.69, 9.17) is 14.2 Å². The van der Waals surface area contributed by atoms with Crippen LogP contribution in [0.1, 0.15) is 38.8 Å². The molecule has 3 unspecified atom stereocenters. The number of aromatic nitrogens is 1. The maximum atomic E-state index is 13.9. The number of carbonyl (C=O) groups excluding carboxylic acids is 3. The van der Waals surface area contributed by atoms with E-state index in [0.29, 0.717) is 33.7 Å². The number of rotatable bonds is 8. The Hall–Kier alpha value is -4.40. The molecular formula is C32H33FN4O8S. The molecule has 2 aliphatic heterocycles. The van der Waals surface area contributed by atoms with Gasteiger partial charge in [-0.25, -0.2) is 9.18 Å². The number of esters is 1. The summed E-state index contributed by atoms with van der Waals surface area (Å²) in [7, 11) is 0. The summed E-state index contributed by atoms with van der Waals surface area (Å²) in [6, 6.07) is 8.69. The number of aliphatic hydroxyl groups excluding tert-OH is 1. The average molecular weight is 653 g/mol. The van der Waals surface area contributed by atoms with E-state index >= 15 is 0 Å². The van der Waals surface area contributed by atoms with Gasteiger partial charge in [-0.05, 0) is 75.2 Å². The van der Waals surface area contributed by atoms with Crippen LogP contribution in [0.3, 0.4) is 0 Å². The van der Waals surface area contributed by atoms with Crippen molar-refractivity contribution in [2.75, 3.05) is 19.0 Å². The molecular weight excluding hydrogens is 619 g/mol. The molecule has 6 rings (SSSR count). The summed E-state index contributed by atoms with van der Waals surface area (Å²) < 4.78 is 30.5. The number of thioether (sulfide) groups is 1. The van der Waals surface area contributed by atoms with E-state index in [1.165, 1.54) is 35.7 Å². The van der Waals surface area contributed by atoms with Gasteiger partial charge in [0.25, 0.3) is 11.8 Å². The van der Waals surface area contributed by atoms with Crippen molar-refractivity contribution in [2.24, 2.45) is 5.16 Å². The standard InChI is InChI=1S/C32H33FN4O8S/c1-15(38)43-12-16-14-46-30-27(29(40)37(30)28(16)31(41)45-32(2,3)4)35-25(39)13-44-18-6-7-19-21(10-18)24(36-42)11-22-20-9-17(33)5-8-23(20)34-26(19)22/h5-10,15,27,30,34,38,42H,11-14H2,1-4H3,(H,35,39)/b36-24-. The molecule has 0 bridgehead atoms. The van der Waals surface area contributed by atoms with E-state index in [1.54, 1.807) is 45.0 Å². The highest BCUT2D eigenvalue weighted by Crippen LogP contribution is 2.42. The van der Waals surface area contributed by atoms with Crippen LogP contribution < -0.4 is 10.1 Å². The molecule has 3 aliphatic rings. The third-order valence-corrected chi connectivity index (χ3v) is 9.07. The Morgan fingerprint density at radius 3 is 2.72 bits per heavy atom. The van der Waals surface area contributed by atoms with E-state index in [9.17, 15) is 29.1 Å². The summed E-state index contributed by atoms with van der Waals surface area (Å²) in [4.78, 5) is 43.9. The molecule has 0 radical (unpaired) electrons. The van der Waals surface area contributed by atoms with Gasteiger partial charge in [0.2, 0.25) is 0 Å². The lowest BCUT2D eigenvalue weighted by Gasteiger charge is -2.50. The number of benzene rings is 2. The van der Waals surface area contributed by atoms with Gasteiger partial charge in [-0.1, -0.05) is 5.16 Å². The molecule has 1 aromatic heterocycles. The van der Waals surface area contributed by atoms with Crippen molar-refractivity contribution in [3.63, 3.8) is 0 Å². The second kappa shape index (κ2) is 12.1. The molecule has 1 fully saturated rings. The molecule has 3 aromatic rings. The van der Waals surface area contributed by atoms with Gasteiger partial charge in [-0.3, -0.25) is 14.5 Å². The van der Waals surface area contributed by atoms with Crippen LogP contribution in [0.4, 0.5) is 4.39 Å². The van der Waals surface area contributed by atoms with Gasteiger partial charge in [0.15, 0.2) is 12.9 Å². The lowest BCUT2D eigenvalue weighted by Crippen LogP contribution is -2.71. The van der Waals surface area contributed by atoms with Crippen LogP contribution in [0.5, 0.6) is 5.75 Å². The molecule has 0 saturated carbocycles. The zero-order valence-electron chi connectivity index (χ0n) is 25.5. The molecule has 4 N–H and O–H groups in total. The van der Waals surface area contributed by atoms with Gasteiger partial charge in [-0.15, -0.1) is 11.8 Å². The minimum Gasteiger partial charge on any atom is -0.484 e. The third kappa shape index (κ3) is 5.95. The van der Waals surface area contributed by atoms with E-state index < -0.39 is 47.7 Å². The molecule has 1 aliphatic carbocycles. The maximum Gasteiger partial charge on any atom is 0.355 e. The number of nitrogens with zero attached hydrogens (tertiary/aromatic N) is 2. The molecule has 1 saturated heterocycles. The van der Waals surface area contributed by atoms with Crippen molar-refractivity contribution in [3.05, 3.63) is 64.6 Å². The number of halogens is 1. The van der Waals surface area contributed by atoms with Gasteiger partial charge < -0.3 is 34.8 Å². The lowest BCUT2D eigenvalue weighted by molar-refractivity contribution is -0.159. The summed E-state index contributed by atoms with van der Waals surface area (Å²) in [5.41, 5.74) is 3.81. The number of aliphatic hydroxyl groups is 1. The summed E-state index contributed by atoms with van der Waals surface area (Å²) in [6.07, 6.45) is -0.804. The molecule has 242 valence electrons. The largest absolute Gasteiger partial charge is 0.484 e. The number of fused-ring (bicyclic) bond motifs is 6. The van der Waals surface area contributed by atoms with Crippen molar-refractivity contribution < 1.29 is 43.3 Å². The first kappa shape index (κ1) is 31.6. The number of nitrogens with one attached hydrogen (secondary N) is 2. The number of amides is 2. The quantitative estimate of drug-likeness (QED) is 0.0939. The van der Waals surface area contributed by atoms with Crippen LogP contribution in [0.15, 0.2) is 52.8 Å². The first-order valence-corrected chi connectivity index (χ1v) is 15.7. The molecule has 14 heteroatoms. The van der Waals surface area contributed by atoms with Gasteiger partial charge >= 0.3 is 5.97 Å². The van der Waals surface area contributed by atoms with E-state index in [1.807, 2.05) is 0 Å². The molecule has 46 heavy (non-hydrogen) atoms. The second-order valence-electron chi connectivity index (χ2n) is 12.2. The van der Waals surface area contributed by atoms with E-state index in [0.717, 1.165) is 22.3 Å². The Labute approximate surface area is 267 Å². The Kier molecular flexibility index (Phi) is 8.29. The molecule has 3 heterocycles. The number of β-lactam (4-membered cyclic amide) rings is 1. The number of oxime groups is 1. The van der Waals surface area contributed by atoms with Crippen molar-refractivity contribution in [3.8, 4) is 17.0 Å². The Balaban J connectivity index is 1.14. The van der Waals surface area contributed by atoms with Gasteiger partial charge in [0, 0.05) is 34.2 Å². The summed E-state index contributed by atoms with van der Waals surface area (Å²) >= 11 is 1.36. The fourth-order valence-corrected chi connectivity index (χ4v) is 7.08. The number of H-pyrrole nitrogens is 1. The van der Waals surface area contributed by atoms with Crippen LogP contribution in [0.2, 0.25) is 0 Å². The summed E-state index contributed by atoms with van der Waals surface area (Å²) in [5, 5.41) is 25.7. The fourth-order valence-electron chi connectivity index (χ4n) is 5.75. The third-order valence-electron chi connectivity index (χ3n) is 7.73. The maximum absolute atomic E-state index is 13.9. The van der Waals surface area contributed by atoms with Crippen LogP contribution in [0.25, 0.3) is 22.2 Å². The monoisotopic (exact) mass is 652 g/mol. The zero-order chi connectivity index (χ0) is 32.9. The van der Waals surface area contributed by atoms with Gasteiger partial charge in [0.05, 0.1) is 18.0 Å². The zero-order valence-corrected chi connectivity index (χ0v) is 26.4. The predicted octanol–water partition coefficient (Wildman–Crippen LogP) is 3.44. The van der Waals surface area contributed by atoms with Crippen LogP contribution in [0, 0.1) is 5.82 Å². The normalized spacial score (nSPS) is 20.5.